The molecule has 0 saturated carbocycles. The molecule has 0 aromatic rings. The summed E-state index contributed by atoms with van der Waals surface area (Å²) in [5, 5.41) is 15.0. The van der Waals surface area contributed by atoms with Crippen molar-refractivity contribution in [1.82, 2.24) is 0 Å². The van der Waals surface area contributed by atoms with Crippen molar-refractivity contribution in [3.63, 3.8) is 0 Å². The molecule has 0 aromatic heterocycles. The van der Waals surface area contributed by atoms with Crippen LogP contribution >= 0.6 is 0 Å². The van der Waals surface area contributed by atoms with Crippen LogP contribution in [-0.2, 0) is 4.79 Å². The van der Waals surface area contributed by atoms with Gasteiger partial charge in [-0.05, 0) is 0 Å². The van der Waals surface area contributed by atoms with E-state index in [2.05, 4.69) is 0 Å². The Balaban J connectivity index is -0.0000000800. The predicted molar refractivity (Wildman–Crippen MR) is 25.5 cm³/mol. The number of rotatable bonds is 1. The monoisotopic (exact) mass is 134 g/mol. The second kappa shape index (κ2) is 10.1. The van der Waals surface area contributed by atoms with E-state index in [9.17, 15) is 0 Å². The Morgan fingerprint density at radius 2 is 1.71 bits per heavy atom. The van der Waals surface area contributed by atoms with Crippen molar-refractivity contribution in [2.24, 2.45) is 0 Å². The van der Waals surface area contributed by atoms with Gasteiger partial charge in [-0.3, -0.25) is 0 Å². The van der Waals surface area contributed by atoms with E-state index in [1.807, 2.05) is 0 Å². The summed E-state index contributed by atoms with van der Waals surface area (Å²) < 4.78 is 0. The summed E-state index contributed by atoms with van der Waals surface area (Å²) in [5.74, 6) is -1.19. The summed E-state index contributed by atoms with van der Waals surface area (Å²) in [7, 11) is 0. The van der Waals surface area contributed by atoms with Gasteiger partial charge < -0.3 is 15.7 Å². The molecule has 4 N–H and O–H groups in total. The van der Waals surface area contributed by atoms with E-state index in [0.29, 0.717) is 0 Å². The molecular weight excluding hydrogens is 127 g/mol. The van der Waals surface area contributed by atoms with Crippen molar-refractivity contribution < 1.29 is 20.5 Å². The fourth-order valence-corrected chi connectivity index (χ4v) is 0. The minimum atomic E-state index is -1.19. The Bertz CT molecular complexity index is 45.0. The summed E-state index contributed by atoms with van der Waals surface area (Å²) in [6.07, 6.45) is 0. The predicted octanol–water partition coefficient (Wildman–Crippen LogP) is -2.41. The van der Waals surface area contributed by atoms with Gasteiger partial charge in [0.05, 0.1) is 0 Å². The molecule has 0 heterocycles. The molecule has 0 unspecified atom stereocenters. The van der Waals surface area contributed by atoms with Crippen LogP contribution in [0.3, 0.4) is 0 Å². The second-order valence-electron chi connectivity index (χ2n) is 0.552. The Kier molecular flexibility index (Phi) is 22.6. The van der Waals surface area contributed by atoms with Crippen molar-refractivity contribution in [1.29, 1.82) is 0 Å². The Labute approximate surface area is 83.3 Å². The first-order valence-electron chi connectivity index (χ1n) is 1.10. The number of aliphatic hydroxyl groups is 1. The van der Waals surface area contributed by atoms with Gasteiger partial charge in [0, 0.05) is 0 Å². The number of aliphatic carboxylic acids is 1. The number of hydrogen-bond acceptors (Lipinski definition) is 2. The van der Waals surface area contributed by atoms with Crippen LogP contribution in [0.15, 0.2) is 0 Å². The molecule has 4 nitrogen and oxygen atoms in total. The molecule has 0 rings (SSSR count). The first kappa shape index (κ1) is 15.7. The summed E-state index contributed by atoms with van der Waals surface area (Å²) >= 11 is 0. The van der Waals surface area contributed by atoms with Crippen LogP contribution in [0.25, 0.3) is 0 Å². The summed E-state index contributed by atoms with van der Waals surface area (Å²) in [6.45, 7) is -0.778. The van der Waals surface area contributed by atoms with E-state index in [1.54, 1.807) is 0 Å². The van der Waals surface area contributed by atoms with Gasteiger partial charge in [0.25, 0.3) is 0 Å². The van der Waals surface area contributed by atoms with Crippen LogP contribution in [0, 0.1) is 0 Å². The Hall–Kier alpha value is 1.03. The molecule has 0 bridgehead atoms. The third kappa shape index (κ3) is 19.4. The van der Waals surface area contributed by atoms with Gasteiger partial charge in [-0.2, -0.15) is 0 Å². The van der Waals surface area contributed by atoms with Crippen molar-refractivity contribution >= 4 is 57.4 Å². The summed E-state index contributed by atoms with van der Waals surface area (Å²) in [5.41, 5.74) is 0. The van der Waals surface area contributed by atoms with E-state index < -0.39 is 12.6 Å². The average Bonchev–Trinajstić information content (AvgIpc) is 1.38. The average molecular weight is 134 g/mol. The van der Waals surface area contributed by atoms with Crippen molar-refractivity contribution in [3.05, 3.63) is 0 Å². The van der Waals surface area contributed by atoms with Crippen molar-refractivity contribution in [2.75, 3.05) is 6.61 Å². The molecule has 40 valence electrons. The van der Waals surface area contributed by atoms with Gasteiger partial charge in [0.1, 0.15) is 6.61 Å². The SMILES string of the molecule is O.O=C(O)CO.[KH]. The number of carboxylic acid groups (broad SMARTS) is 1. The van der Waals surface area contributed by atoms with E-state index in [0.717, 1.165) is 0 Å². The molecular formula is C2H7KO4. The van der Waals surface area contributed by atoms with E-state index in [-0.39, 0.29) is 56.9 Å². The fraction of sp³-hybridized carbons (Fsp3) is 0.500. The fourth-order valence-electron chi connectivity index (χ4n) is 0. The van der Waals surface area contributed by atoms with Crippen LogP contribution in [0.2, 0.25) is 0 Å². The molecule has 0 aliphatic carbocycles. The van der Waals surface area contributed by atoms with Gasteiger partial charge in [-0.15, -0.1) is 0 Å². The van der Waals surface area contributed by atoms with Crippen molar-refractivity contribution in [2.45, 2.75) is 0 Å². The number of carbonyl (C=O) groups is 1. The molecule has 5 heteroatoms. The minimum absolute atomic E-state index is 0. The molecule has 0 saturated heterocycles. The van der Waals surface area contributed by atoms with Crippen LogP contribution in [-0.4, -0.2) is 79.6 Å². The number of carboxylic acids is 1. The third-order valence-electron chi connectivity index (χ3n) is 0.135. The normalized spacial score (nSPS) is 5.29. The van der Waals surface area contributed by atoms with Crippen LogP contribution < -0.4 is 0 Å². The zero-order chi connectivity index (χ0) is 4.28. The standard InChI is InChI=1S/C2H4O3.K.H2O.H/c3-1-2(4)5;;;/h3H,1H2,(H,4,5);;1H2;. The van der Waals surface area contributed by atoms with Gasteiger partial charge in [0.15, 0.2) is 0 Å². The molecule has 0 radical (unpaired) electrons. The van der Waals surface area contributed by atoms with E-state index >= 15 is 0 Å². The van der Waals surface area contributed by atoms with Gasteiger partial charge in [0.2, 0.25) is 0 Å². The van der Waals surface area contributed by atoms with Crippen LogP contribution in [0.4, 0.5) is 0 Å². The zero-order valence-electron chi connectivity index (χ0n) is 3.01. The van der Waals surface area contributed by atoms with Gasteiger partial charge >= 0.3 is 57.4 Å². The number of hydrogen-bond donors (Lipinski definition) is 2. The molecule has 0 atom stereocenters. The molecule has 0 fully saturated rings. The maximum absolute atomic E-state index is 9.12. The first-order chi connectivity index (χ1) is 2.27. The zero-order valence-corrected chi connectivity index (χ0v) is 3.01. The molecule has 0 spiro atoms. The topological polar surface area (TPSA) is 89.0 Å². The molecule has 0 amide bonds. The van der Waals surface area contributed by atoms with Gasteiger partial charge in [-0.1, -0.05) is 0 Å². The maximum atomic E-state index is 9.12. The third-order valence-corrected chi connectivity index (χ3v) is 0.135. The Morgan fingerprint density at radius 1 is 1.57 bits per heavy atom. The van der Waals surface area contributed by atoms with Crippen molar-refractivity contribution in [3.8, 4) is 0 Å². The Morgan fingerprint density at radius 3 is 1.71 bits per heavy atom. The van der Waals surface area contributed by atoms with Crippen LogP contribution in [0.5, 0.6) is 0 Å². The molecule has 7 heavy (non-hydrogen) atoms. The molecule has 0 aromatic carbocycles. The van der Waals surface area contributed by atoms with E-state index in [1.165, 1.54) is 0 Å². The first-order valence-corrected chi connectivity index (χ1v) is 1.10. The summed E-state index contributed by atoms with van der Waals surface area (Å²) in [4.78, 5) is 9.12. The number of aliphatic hydroxyl groups excluding tert-OH is 1. The molecule has 0 aliphatic rings. The quantitative estimate of drug-likeness (QED) is 0.391. The summed E-state index contributed by atoms with van der Waals surface area (Å²) in [6, 6.07) is 0. The van der Waals surface area contributed by atoms with Crippen LogP contribution in [0.1, 0.15) is 0 Å². The second-order valence-corrected chi connectivity index (χ2v) is 0.552. The van der Waals surface area contributed by atoms with Gasteiger partial charge in [-0.25, -0.2) is 4.79 Å². The molecule has 0 aliphatic heterocycles. The van der Waals surface area contributed by atoms with E-state index in [4.69, 9.17) is 15.0 Å².